The fourth-order valence-electron chi connectivity index (χ4n) is 6.87. The van der Waals surface area contributed by atoms with E-state index in [9.17, 15) is 0 Å². The zero-order chi connectivity index (χ0) is 24.9. The second-order valence-electron chi connectivity index (χ2n) is 11.0. The Hall–Kier alpha value is -2.10. The predicted molar refractivity (Wildman–Crippen MR) is 149 cm³/mol. The maximum absolute atomic E-state index is 4.75. The number of likely N-dealkylation sites (tertiary alicyclic amines) is 1. The first kappa shape index (κ1) is 24.2. The molecule has 3 aliphatic rings. The van der Waals surface area contributed by atoms with Crippen LogP contribution in [0.1, 0.15) is 69.6 Å². The van der Waals surface area contributed by atoms with Gasteiger partial charge in [-0.25, -0.2) is 9.97 Å². The third-order valence-corrected chi connectivity index (χ3v) is 10.4. The molecule has 36 heavy (non-hydrogen) atoms. The third kappa shape index (κ3) is 4.23. The Labute approximate surface area is 222 Å². The molecule has 3 aliphatic heterocycles. The van der Waals surface area contributed by atoms with Crippen molar-refractivity contribution >= 4 is 39.0 Å². The predicted octanol–water partition coefficient (Wildman–Crippen LogP) is 5.72. The normalized spacial score (nSPS) is 24.6. The Balaban J connectivity index is 1.17. The lowest BCUT2D eigenvalue weighted by Gasteiger charge is -2.44. The monoisotopic (exact) mass is 523 g/mol. The van der Waals surface area contributed by atoms with Crippen LogP contribution in [0.2, 0.25) is 0 Å². The lowest BCUT2D eigenvalue weighted by molar-refractivity contribution is 0.108. The van der Waals surface area contributed by atoms with Crippen LogP contribution in [0.25, 0.3) is 0 Å². The van der Waals surface area contributed by atoms with Crippen molar-refractivity contribution < 1.29 is 0 Å². The van der Waals surface area contributed by atoms with Crippen molar-refractivity contribution in [1.82, 2.24) is 23.6 Å². The van der Waals surface area contributed by atoms with Gasteiger partial charge in [-0.3, -0.25) is 0 Å². The maximum atomic E-state index is 4.75. The minimum absolute atomic E-state index is 0.211. The molecule has 1 spiro atoms. The number of benzene rings is 1. The van der Waals surface area contributed by atoms with Gasteiger partial charge in [-0.15, -0.1) is 0 Å². The summed E-state index contributed by atoms with van der Waals surface area (Å²) in [7, 11) is 0. The fraction of sp³-hybridized carbons (Fsp3) is 0.630. The van der Waals surface area contributed by atoms with E-state index in [1.165, 1.54) is 61.3 Å². The van der Waals surface area contributed by atoms with Gasteiger partial charge in [0.2, 0.25) is 10.3 Å². The number of anilines is 3. The first-order valence-electron chi connectivity index (χ1n) is 13.5. The summed E-state index contributed by atoms with van der Waals surface area (Å²) in [6.07, 6.45) is 7.34. The number of fused-ring (bicyclic) bond motifs is 2. The number of rotatable bonds is 6. The van der Waals surface area contributed by atoms with Crippen molar-refractivity contribution in [2.75, 3.05) is 29.4 Å². The van der Waals surface area contributed by atoms with Gasteiger partial charge < -0.3 is 14.7 Å². The molecule has 2 fully saturated rings. The lowest BCUT2D eigenvalue weighted by atomic mass is 9.74. The highest BCUT2D eigenvalue weighted by molar-refractivity contribution is 7.10. The van der Waals surface area contributed by atoms with Crippen LogP contribution >= 0.6 is 23.1 Å². The molecule has 9 heteroatoms. The van der Waals surface area contributed by atoms with Crippen molar-refractivity contribution in [3.05, 3.63) is 41.5 Å². The summed E-state index contributed by atoms with van der Waals surface area (Å²) in [5.74, 6) is 1.77. The Morgan fingerprint density at radius 2 is 1.69 bits per heavy atom. The molecule has 2 aromatic heterocycles. The standard InChI is InChI=1S/C27H37N7S2/c1-5-21(16-22-11-10-18(2)34(22)26-29-20(4)31-36-26)32-14-12-27(13-15-32)17-33(25-28-19(3)30-35-25)24-9-7-6-8-23(24)27/h6-9,18,21-22H,5,10-17H2,1-4H3. The van der Waals surface area contributed by atoms with Crippen LogP contribution < -0.4 is 9.80 Å². The minimum Gasteiger partial charge on any atom is -0.341 e. The second kappa shape index (κ2) is 9.65. The lowest BCUT2D eigenvalue weighted by Crippen LogP contribution is -2.50. The van der Waals surface area contributed by atoms with Gasteiger partial charge in [0.1, 0.15) is 11.6 Å². The van der Waals surface area contributed by atoms with Crippen molar-refractivity contribution in [3.8, 4) is 0 Å². The highest BCUT2D eigenvalue weighted by Crippen LogP contribution is 2.50. The quantitative estimate of drug-likeness (QED) is 0.410. The molecule has 0 bridgehead atoms. The summed E-state index contributed by atoms with van der Waals surface area (Å²) in [4.78, 5) is 17.3. The zero-order valence-corrected chi connectivity index (χ0v) is 23.5. The number of nitrogens with zero attached hydrogens (tertiary/aromatic N) is 7. The van der Waals surface area contributed by atoms with Crippen LogP contribution in [0, 0.1) is 13.8 Å². The van der Waals surface area contributed by atoms with Crippen LogP contribution in [0.5, 0.6) is 0 Å². The van der Waals surface area contributed by atoms with Crippen molar-refractivity contribution in [2.45, 2.75) is 89.8 Å². The van der Waals surface area contributed by atoms with Gasteiger partial charge in [-0.1, -0.05) is 25.1 Å². The molecular formula is C27H37N7S2. The zero-order valence-electron chi connectivity index (χ0n) is 21.9. The molecule has 0 N–H and O–H groups in total. The minimum atomic E-state index is 0.211. The van der Waals surface area contributed by atoms with E-state index in [-0.39, 0.29) is 5.41 Å². The van der Waals surface area contributed by atoms with Gasteiger partial charge in [0.05, 0.1) is 0 Å². The number of piperidine rings is 1. The molecule has 0 radical (unpaired) electrons. The molecule has 192 valence electrons. The number of aromatic nitrogens is 4. The van der Waals surface area contributed by atoms with Gasteiger partial charge in [-0.2, -0.15) is 8.75 Å². The number of para-hydroxylation sites is 1. The summed E-state index contributed by atoms with van der Waals surface area (Å²) in [5, 5.41) is 2.15. The highest BCUT2D eigenvalue weighted by atomic mass is 32.1. The molecule has 3 aromatic rings. The summed E-state index contributed by atoms with van der Waals surface area (Å²) in [5.41, 5.74) is 3.05. The van der Waals surface area contributed by atoms with Crippen LogP contribution in [0.15, 0.2) is 24.3 Å². The van der Waals surface area contributed by atoms with Crippen LogP contribution in [0.3, 0.4) is 0 Å². The average Bonchev–Trinajstić information content (AvgIpc) is 3.66. The van der Waals surface area contributed by atoms with Crippen LogP contribution in [-0.2, 0) is 5.41 Å². The van der Waals surface area contributed by atoms with E-state index in [4.69, 9.17) is 9.97 Å². The van der Waals surface area contributed by atoms with Crippen molar-refractivity contribution in [2.24, 2.45) is 0 Å². The first-order chi connectivity index (χ1) is 17.5. The van der Waals surface area contributed by atoms with E-state index in [1.54, 1.807) is 11.5 Å². The Morgan fingerprint density at radius 1 is 1.00 bits per heavy atom. The SMILES string of the molecule is CCC(CC1CCC(C)N1c1nc(C)ns1)N1CCC2(CC1)CN(c1nc(C)ns1)c1ccccc12. The molecule has 0 saturated carbocycles. The largest absolute Gasteiger partial charge is 0.341 e. The summed E-state index contributed by atoms with van der Waals surface area (Å²) in [6, 6.07) is 10.7. The van der Waals surface area contributed by atoms with Crippen molar-refractivity contribution in [1.29, 1.82) is 0 Å². The van der Waals surface area contributed by atoms with E-state index in [1.807, 2.05) is 13.8 Å². The molecule has 5 heterocycles. The summed E-state index contributed by atoms with van der Waals surface area (Å²) in [6.45, 7) is 12.1. The van der Waals surface area contributed by atoms with E-state index < -0.39 is 0 Å². The third-order valence-electron chi connectivity index (χ3n) is 8.79. The van der Waals surface area contributed by atoms with Crippen molar-refractivity contribution in [3.63, 3.8) is 0 Å². The second-order valence-corrected chi connectivity index (χ2v) is 12.4. The summed E-state index contributed by atoms with van der Waals surface area (Å²) >= 11 is 3.09. The van der Waals surface area contributed by atoms with E-state index >= 15 is 0 Å². The molecule has 2 saturated heterocycles. The molecule has 7 nitrogen and oxygen atoms in total. The molecule has 1 aromatic carbocycles. The van der Waals surface area contributed by atoms with Gasteiger partial charge >= 0.3 is 0 Å². The molecule has 3 atom stereocenters. The molecule has 6 rings (SSSR count). The van der Waals surface area contributed by atoms with E-state index in [2.05, 4.69) is 61.6 Å². The first-order valence-corrected chi connectivity index (χ1v) is 15.0. The van der Waals surface area contributed by atoms with E-state index in [0.717, 1.165) is 41.5 Å². The Morgan fingerprint density at radius 3 is 2.36 bits per heavy atom. The smallest absolute Gasteiger partial charge is 0.209 e. The fourth-order valence-corrected chi connectivity index (χ4v) is 8.41. The van der Waals surface area contributed by atoms with Gasteiger partial charge in [0, 0.05) is 58.8 Å². The van der Waals surface area contributed by atoms with Gasteiger partial charge in [0.15, 0.2) is 0 Å². The topological polar surface area (TPSA) is 61.3 Å². The molecule has 0 aliphatic carbocycles. The highest BCUT2D eigenvalue weighted by Gasteiger charge is 2.46. The van der Waals surface area contributed by atoms with Crippen LogP contribution in [-0.4, -0.2) is 61.4 Å². The summed E-state index contributed by atoms with van der Waals surface area (Å²) < 4.78 is 8.94. The number of hydrogen-bond donors (Lipinski definition) is 0. The number of aryl methyl sites for hydroxylation is 2. The van der Waals surface area contributed by atoms with Crippen LogP contribution in [0.4, 0.5) is 16.0 Å². The number of hydrogen-bond acceptors (Lipinski definition) is 9. The van der Waals surface area contributed by atoms with Gasteiger partial charge in [-0.05, 0) is 84.0 Å². The average molecular weight is 524 g/mol. The molecular weight excluding hydrogens is 486 g/mol. The maximum Gasteiger partial charge on any atom is 0.209 e. The van der Waals surface area contributed by atoms with Gasteiger partial charge in [0.25, 0.3) is 0 Å². The Bertz CT molecular complexity index is 1200. The Kier molecular flexibility index (Phi) is 6.50. The molecule has 0 amide bonds. The molecule has 3 unspecified atom stereocenters. The van der Waals surface area contributed by atoms with E-state index in [0.29, 0.717) is 18.1 Å².